The Morgan fingerprint density at radius 2 is 2.40 bits per heavy atom. The van der Waals surface area contributed by atoms with Crippen LogP contribution in [0.5, 0.6) is 0 Å². The smallest absolute Gasteiger partial charge is 0.127 e. The second-order valence-corrected chi connectivity index (χ2v) is 3.16. The Labute approximate surface area is 62.1 Å². The number of aldehydes is 1. The van der Waals surface area contributed by atoms with Crippen molar-refractivity contribution in [2.75, 3.05) is 0 Å². The average Bonchev–Trinajstić information content (AvgIpc) is 1.88. The summed E-state index contributed by atoms with van der Waals surface area (Å²) in [6.07, 6.45) is 5.58. The molecule has 0 heterocycles. The molecule has 1 rings (SSSR count). The lowest BCUT2D eigenvalue weighted by atomic mass is 9.81. The summed E-state index contributed by atoms with van der Waals surface area (Å²) in [6.45, 7) is 4.20. The van der Waals surface area contributed by atoms with Gasteiger partial charge in [0, 0.05) is 5.92 Å². The molecule has 0 saturated carbocycles. The first-order chi connectivity index (χ1) is 4.75. The van der Waals surface area contributed by atoms with Crippen LogP contribution in [-0.2, 0) is 4.79 Å². The molecule has 0 spiro atoms. The summed E-state index contributed by atoms with van der Waals surface area (Å²) in [5.41, 5.74) is 1.26. The van der Waals surface area contributed by atoms with E-state index >= 15 is 0 Å². The van der Waals surface area contributed by atoms with Crippen LogP contribution in [0.1, 0.15) is 26.7 Å². The molecule has 0 bridgehead atoms. The van der Waals surface area contributed by atoms with Gasteiger partial charge in [0.05, 0.1) is 0 Å². The molecule has 0 unspecified atom stereocenters. The van der Waals surface area contributed by atoms with Crippen LogP contribution in [0.2, 0.25) is 0 Å². The third-order valence-corrected chi connectivity index (χ3v) is 2.37. The third-order valence-electron chi connectivity index (χ3n) is 2.37. The van der Waals surface area contributed by atoms with Gasteiger partial charge in [-0.15, -0.1) is 0 Å². The second kappa shape index (κ2) is 3.00. The molecule has 0 aromatic heterocycles. The van der Waals surface area contributed by atoms with E-state index in [0.29, 0.717) is 5.92 Å². The van der Waals surface area contributed by atoms with Crippen LogP contribution in [0.4, 0.5) is 0 Å². The van der Waals surface area contributed by atoms with E-state index in [1.165, 1.54) is 12.0 Å². The Hall–Kier alpha value is -0.590. The van der Waals surface area contributed by atoms with E-state index in [1.54, 1.807) is 0 Å². The molecule has 0 radical (unpaired) electrons. The summed E-state index contributed by atoms with van der Waals surface area (Å²) < 4.78 is 0. The largest absolute Gasteiger partial charge is 0.303 e. The van der Waals surface area contributed by atoms with Crippen LogP contribution in [0.15, 0.2) is 11.6 Å². The van der Waals surface area contributed by atoms with Crippen LogP contribution >= 0.6 is 0 Å². The van der Waals surface area contributed by atoms with Gasteiger partial charge in [0.2, 0.25) is 0 Å². The van der Waals surface area contributed by atoms with Gasteiger partial charge in [0.25, 0.3) is 0 Å². The minimum absolute atomic E-state index is 0.203. The van der Waals surface area contributed by atoms with Crippen molar-refractivity contribution in [3.8, 4) is 0 Å². The van der Waals surface area contributed by atoms with Crippen molar-refractivity contribution in [1.82, 2.24) is 0 Å². The first kappa shape index (κ1) is 7.52. The van der Waals surface area contributed by atoms with E-state index in [2.05, 4.69) is 19.9 Å². The average molecular weight is 138 g/mol. The number of carbonyl (C=O) groups is 1. The molecule has 0 aromatic carbocycles. The zero-order chi connectivity index (χ0) is 7.56. The van der Waals surface area contributed by atoms with Gasteiger partial charge in [-0.3, -0.25) is 0 Å². The fourth-order valence-electron chi connectivity index (χ4n) is 1.58. The molecule has 1 heteroatoms. The molecule has 0 fully saturated rings. The van der Waals surface area contributed by atoms with Crippen LogP contribution < -0.4 is 0 Å². The predicted molar refractivity (Wildman–Crippen MR) is 41.7 cm³/mol. The molecule has 1 nitrogen and oxygen atoms in total. The van der Waals surface area contributed by atoms with E-state index in [1.807, 2.05) is 0 Å². The number of carbonyl (C=O) groups excluding carboxylic acids is 1. The highest BCUT2D eigenvalue weighted by Crippen LogP contribution is 2.27. The van der Waals surface area contributed by atoms with Gasteiger partial charge in [-0.1, -0.05) is 18.6 Å². The number of rotatable bonds is 1. The van der Waals surface area contributed by atoms with Gasteiger partial charge < -0.3 is 4.79 Å². The number of allylic oxidation sites excluding steroid dienone is 2. The van der Waals surface area contributed by atoms with Crippen molar-refractivity contribution in [3.05, 3.63) is 11.6 Å². The van der Waals surface area contributed by atoms with E-state index < -0.39 is 0 Å². The SMILES string of the molecule is CC1=CCC[C@H](C)[C@H]1C=O. The highest BCUT2D eigenvalue weighted by molar-refractivity contribution is 5.59. The second-order valence-electron chi connectivity index (χ2n) is 3.16. The Morgan fingerprint density at radius 3 is 2.80 bits per heavy atom. The molecule has 0 saturated heterocycles. The topological polar surface area (TPSA) is 17.1 Å². The molecule has 2 atom stereocenters. The number of hydrogen-bond acceptors (Lipinski definition) is 1. The Morgan fingerprint density at radius 1 is 1.70 bits per heavy atom. The van der Waals surface area contributed by atoms with E-state index in [-0.39, 0.29) is 5.92 Å². The van der Waals surface area contributed by atoms with Crippen LogP contribution in [0.3, 0.4) is 0 Å². The highest BCUT2D eigenvalue weighted by atomic mass is 16.1. The fourth-order valence-corrected chi connectivity index (χ4v) is 1.58. The monoisotopic (exact) mass is 138 g/mol. The van der Waals surface area contributed by atoms with E-state index in [4.69, 9.17) is 0 Å². The minimum atomic E-state index is 0.203. The lowest BCUT2D eigenvalue weighted by molar-refractivity contribution is -0.111. The summed E-state index contributed by atoms with van der Waals surface area (Å²) in [4.78, 5) is 10.5. The molecule has 0 aliphatic heterocycles. The first-order valence-corrected chi connectivity index (χ1v) is 3.87. The van der Waals surface area contributed by atoms with Crippen molar-refractivity contribution in [1.29, 1.82) is 0 Å². The van der Waals surface area contributed by atoms with Crippen LogP contribution in [0, 0.1) is 11.8 Å². The van der Waals surface area contributed by atoms with Gasteiger partial charge in [0.1, 0.15) is 6.29 Å². The Balaban J connectivity index is 2.72. The summed E-state index contributed by atoms with van der Waals surface area (Å²) >= 11 is 0. The normalized spacial score (nSPS) is 33.2. The first-order valence-electron chi connectivity index (χ1n) is 3.87. The minimum Gasteiger partial charge on any atom is -0.303 e. The molecular weight excluding hydrogens is 124 g/mol. The van der Waals surface area contributed by atoms with E-state index in [0.717, 1.165) is 12.7 Å². The summed E-state index contributed by atoms with van der Waals surface area (Å²) in [7, 11) is 0. The third kappa shape index (κ3) is 1.28. The van der Waals surface area contributed by atoms with Crippen molar-refractivity contribution in [2.45, 2.75) is 26.7 Å². The van der Waals surface area contributed by atoms with Gasteiger partial charge in [-0.05, 0) is 25.7 Å². The molecular formula is C9H14O. The van der Waals surface area contributed by atoms with E-state index in [9.17, 15) is 4.79 Å². The quantitative estimate of drug-likeness (QED) is 0.401. The molecule has 1 aliphatic carbocycles. The Kier molecular flexibility index (Phi) is 2.25. The van der Waals surface area contributed by atoms with Gasteiger partial charge in [0.15, 0.2) is 0 Å². The zero-order valence-electron chi connectivity index (χ0n) is 6.63. The summed E-state index contributed by atoms with van der Waals surface area (Å²) in [5.74, 6) is 0.760. The summed E-state index contributed by atoms with van der Waals surface area (Å²) in [6, 6.07) is 0. The number of hydrogen-bond donors (Lipinski definition) is 0. The van der Waals surface area contributed by atoms with Crippen LogP contribution in [0.25, 0.3) is 0 Å². The molecule has 0 N–H and O–H groups in total. The molecule has 1 aliphatic rings. The lowest BCUT2D eigenvalue weighted by Gasteiger charge is -2.23. The Bertz CT molecular complexity index is 158. The molecule has 56 valence electrons. The van der Waals surface area contributed by atoms with Crippen LogP contribution in [-0.4, -0.2) is 6.29 Å². The predicted octanol–water partition coefficient (Wildman–Crippen LogP) is 2.18. The van der Waals surface area contributed by atoms with Crippen molar-refractivity contribution in [3.63, 3.8) is 0 Å². The maximum atomic E-state index is 10.5. The van der Waals surface area contributed by atoms with Crippen molar-refractivity contribution >= 4 is 6.29 Å². The maximum absolute atomic E-state index is 10.5. The van der Waals surface area contributed by atoms with Gasteiger partial charge >= 0.3 is 0 Å². The molecule has 10 heavy (non-hydrogen) atoms. The standard InChI is InChI=1S/C9H14O/c1-7-4-3-5-8(2)9(7)6-10/h4,6,8-9H,3,5H2,1-2H3/t8-,9-/m0/s1. The van der Waals surface area contributed by atoms with Gasteiger partial charge in [-0.2, -0.15) is 0 Å². The maximum Gasteiger partial charge on any atom is 0.127 e. The van der Waals surface area contributed by atoms with Gasteiger partial charge in [-0.25, -0.2) is 0 Å². The molecule has 0 aromatic rings. The zero-order valence-corrected chi connectivity index (χ0v) is 6.63. The van der Waals surface area contributed by atoms with Crippen molar-refractivity contribution in [2.24, 2.45) is 11.8 Å². The van der Waals surface area contributed by atoms with Crippen molar-refractivity contribution < 1.29 is 4.79 Å². The summed E-state index contributed by atoms with van der Waals surface area (Å²) in [5, 5.41) is 0. The fraction of sp³-hybridized carbons (Fsp3) is 0.667. The lowest BCUT2D eigenvalue weighted by Crippen LogP contribution is -2.17. The molecule has 0 amide bonds. The highest BCUT2D eigenvalue weighted by Gasteiger charge is 2.20.